The number of hydrogen-bond acceptors (Lipinski definition) is 7. The van der Waals surface area contributed by atoms with Crippen molar-refractivity contribution in [3.8, 4) is 0 Å². The Morgan fingerprint density at radius 1 is 0.792 bits per heavy atom. The molecule has 0 saturated heterocycles. The fraction of sp³-hybridized carbons (Fsp3) is 0.143. The van der Waals surface area contributed by atoms with Gasteiger partial charge in [-0.2, -0.15) is 0 Å². The zero-order chi connectivity index (χ0) is 16.4. The summed E-state index contributed by atoms with van der Waals surface area (Å²) in [7, 11) is -2.33. The summed E-state index contributed by atoms with van der Waals surface area (Å²) >= 11 is 0. The van der Waals surface area contributed by atoms with Crippen LogP contribution in [0.5, 0.6) is 0 Å². The van der Waals surface area contributed by atoms with Crippen LogP contribution in [0.1, 0.15) is 0 Å². The van der Waals surface area contributed by atoms with E-state index >= 15 is 0 Å². The highest BCUT2D eigenvalue weighted by Gasteiger charge is 2.22. The van der Waals surface area contributed by atoms with Crippen LogP contribution in [-0.2, 0) is 27.1 Å². The third-order valence-corrected chi connectivity index (χ3v) is 4.06. The standard InChI is InChI=1S/C14H12N6O3P/c21-24(22-9-19-13-7-3-1-5-11(13)15-17-19)23-10-20-14-8-4-2-6-12(14)16-18-20/h1-8H,9-10H2/q+1. The monoisotopic (exact) mass is 343 g/mol. The number of para-hydroxylation sites is 2. The fourth-order valence-electron chi connectivity index (χ4n) is 2.27. The molecule has 0 fully saturated rings. The molecule has 0 unspecified atom stereocenters. The lowest BCUT2D eigenvalue weighted by molar-refractivity contribution is 0.148. The minimum atomic E-state index is -2.33. The topological polar surface area (TPSA) is 97.0 Å². The van der Waals surface area contributed by atoms with Crippen molar-refractivity contribution >= 4 is 30.3 Å². The summed E-state index contributed by atoms with van der Waals surface area (Å²) in [5.41, 5.74) is 3.07. The summed E-state index contributed by atoms with van der Waals surface area (Å²) < 4.78 is 25.3. The lowest BCUT2D eigenvalue weighted by Crippen LogP contribution is -2.04. The maximum atomic E-state index is 11.9. The molecule has 0 atom stereocenters. The Balaban J connectivity index is 1.37. The van der Waals surface area contributed by atoms with E-state index in [9.17, 15) is 4.57 Å². The van der Waals surface area contributed by atoms with Crippen molar-refractivity contribution in [3.05, 3.63) is 48.5 Å². The Morgan fingerprint density at radius 2 is 1.25 bits per heavy atom. The summed E-state index contributed by atoms with van der Waals surface area (Å²) in [5.74, 6) is 0. The zero-order valence-corrected chi connectivity index (χ0v) is 13.3. The second-order valence-corrected chi connectivity index (χ2v) is 5.86. The molecule has 0 aliphatic rings. The lowest BCUT2D eigenvalue weighted by atomic mass is 10.3. The second-order valence-electron chi connectivity index (χ2n) is 4.90. The van der Waals surface area contributed by atoms with E-state index in [0.717, 1.165) is 22.1 Å². The minimum absolute atomic E-state index is 0.0200. The predicted octanol–water partition coefficient (Wildman–Crippen LogP) is 2.48. The van der Waals surface area contributed by atoms with Gasteiger partial charge in [0.15, 0.2) is 13.5 Å². The first-order valence-corrected chi connectivity index (χ1v) is 8.20. The Morgan fingerprint density at radius 3 is 1.75 bits per heavy atom. The summed E-state index contributed by atoms with van der Waals surface area (Å²) in [6.07, 6.45) is 0. The molecule has 4 aromatic rings. The van der Waals surface area contributed by atoms with Crippen LogP contribution >= 0.6 is 8.25 Å². The molecule has 0 spiro atoms. The SMILES string of the molecule is O=[P+](OCn1nnc2ccccc21)OCn1nnc2ccccc21. The molecule has 24 heavy (non-hydrogen) atoms. The van der Waals surface area contributed by atoms with Crippen LogP contribution in [0, 0.1) is 0 Å². The second kappa shape index (κ2) is 6.40. The molecule has 0 aliphatic carbocycles. The van der Waals surface area contributed by atoms with E-state index in [1.54, 1.807) is 0 Å². The fourth-order valence-corrected chi connectivity index (χ4v) is 2.75. The number of nitrogens with zero attached hydrogens (tertiary/aromatic N) is 6. The average molecular weight is 343 g/mol. The van der Waals surface area contributed by atoms with E-state index in [-0.39, 0.29) is 13.5 Å². The zero-order valence-electron chi connectivity index (χ0n) is 12.4. The maximum absolute atomic E-state index is 11.9. The number of aromatic nitrogens is 6. The normalized spacial score (nSPS) is 11.3. The molecule has 10 heteroatoms. The molecule has 0 bridgehead atoms. The number of fused-ring (bicyclic) bond motifs is 2. The number of benzene rings is 2. The van der Waals surface area contributed by atoms with Crippen LogP contribution in [0.3, 0.4) is 0 Å². The summed E-state index contributed by atoms with van der Waals surface area (Å²) in [6, 6.07) is 14.9. The Bertz CT molecular complexity index is 934. The molecule has 0 aliphatic heterocycles. The van der Waals surface area contributed by atoms with Gasteiger partial charge in [-0.1, -0.05) is 43.7 Å². The van der Waals surface area contributed by atoms with Gasteiger partial charge < -0.3 is 0 Å². The Hall–Kier alpha value is -2.74. The largest absolute Gasteiger partial charge is 0.701 e. The average Bonchev–Trinajstić information content (AvgIpc) is 3.22. The molecule has 0 amide bonds. The van der Waals surface area contributed by atoms with Crippen LogP contribution in [0.15, 0.2) is 48.5 Å². The Kier molecular flexibility index (Phi) is 3.96. The van der Waals surface area contributed by atoms with E-state index in [0.29, 0.717) is 0 Å². The quantitative estimate of drug-likeness (QED) is 0.496. The van der Waals surface area contributed by atoms with Crippen molar-refractivity contribution in [2.75, 3.05) is 0 Å². The molecular weight excluding hydrogens is 331 g/mol. The first kappa shape index (κ1) is 14.8. The van der Waals surface area contributed by atoms with Crippen LogP contribution in [0.2, 0.25) is 0 Å². The van der Waals surface area contributed by atoms with E-state index < -0.39 is 8.25 Å². The molecule has 2 aromatic heterocycles. The molecule has 2 aromatic carbocycles. The van der Waals surface area contributed by atoms with E-state index in [2.05, 4.69) is 20.6 Å². The molecule has 120 valence electrons. The molecule has 2 heterocycles. The highest BCUT2D eigenvalue weighted by molar-refractivity contribution is 7.33. The van der Waals surface area contributed by atoms with Gasteiger partial charge in [-0.05, 0) is 24.3 Å². The lowest BCUT2D eigenvalue weighted by Gasteiger charge is -1.97. The third-order valence-electron chi connectivity index (χ3n) is 3.41. The molecule has 4 rings (SSSR count). The van der Waals surface area contributed by atoms with Crippen molar-refractivity contribution in [1.29, 1.82) is 0 Å². The molecule has 9 nitrogen and oxygen atoms in total. The highest BCUT2D eigenvalue weighted by atomic mass is 31.1. The molecule has 0 radical (unpaired) electrons. The first-order valence-electron chi connectivity index (χ1n) is 7.11. The van der Waals surface area contributed by atoms with Crippen molar-refractivity contribution in [2.24, 2.45) is 0 Å². The number of hydrogen-bond donors (Lipinski definition) is 0. The highest BCUT2D eigenvalue weighted by Crippen LogP contribution is 2.26. The van der Waals surface area contributed by atoms with Gasteiger partial charge >= 0.3 is 8.25 Å². The van der Waals surface area contributed by atoms with Gasteiger partial charge in [0.25, 0.3) is 0 Å². The van der Waals surface area contributed by atoms with Crippen molar-refractivity contribution in [3.63, 3.8) is 0 Å². The van der Waals surface area contributed by atoms with E-state index in [1.807, 2.05) is 48.5 Å². The predicted molar refractivity (Wildman–Crippen MR) is 84.8 cm³/mol. The van der Waals surface area contributed by atoms with Crippen molar-refractivity contribution in [2.45, 2.75) is 13.5 Å². The molecular formula is C14H12N6O3P+. The van der Waals surface area contributed by atoms with Crippen LogP contribution in [0.25, 0.3) is 22.1 Å². The number of rotatable bonds is 6. The summed E-state index contributed by atoms with van der Waals surface area (Å²) in [4.78, 5) is 0. The Labute approximate surface area is 136 Å². The van der Waals surface area contributed by atoms with E-state index in [4.69, 9.17) is 9.05 Å². The molecule has 0 saturated carbocycles. The third kappa shape index (κ3) is 2.88. The van der Waals surface area contributed by atoms with E-state index in [1.165, 1.54) is 9.36 Å². The first-order chi connectivity index (χ1) is 11.8. The van der Waals surface area contributed by atoms with Crippen LogP contribution in [-0.4, -0.2) is 30.0 Å². The van der Waals surface area contributed by atoms with Gasteiger partial charge in [0.05, 0.1) is 11.0 Å². The van der Waals surface area contributed by atoms with Crippen LogP contribution < -0.4 is 0 Å². The maximum Gasteiger partial charge on any atom is 0.701 e. The van der Waals surface area contributed by atoms with Gasteiger partial charge in [-0.3, -0.25) is 0 Å². The van der Waals surface area contributed by atoms with Crippen molar-refractivity contribution < 1.29 is 13.6 Å². The molecule has 0 N–H and O–H groups in total. The van der Waals surface area contributed by atoms with Gasteiger partial charge in [0.1, 0.15) is 11.0 Å². The summed E-state index contributed by atoms with van der Waals surface area (Å²) in [5, 5.41) is 15.9. The van der Waals surface area contributed by atoms with Gasteiger partial charge in [0.2, 0.25) is 0 Å². The van der Waals surface area contributed by atoms with Gasteiger partial charge in [-0.25, -0.2) is 9.36 Å². The van der Waals surface area contributed by atoms with Gasteiger partial charge in [-0.15, -0.1) is 10.2 Å². The van der Waals surface area contributed by atoms with Gasteiger partial charge in [0, 0.05) is 4.57 Å². The van der Waals surface area contributed by atoms with Crippen molar-refractivity contribution in [1.82, 2.24) is 30.0 Å². The van der Waals surface area contributed by atoms with Crippen LogP contribution in [0.4, 0.5) is 0 Å². The minimum Gasteiger partial charge on any atom is -0.214 e. The smallest absolute Gasteiger partial charge is 0.214 e. The summed E-state index contributed by atoms with van der Waals surface area (Å²) in [6.45, 7) is -0.0400.